The van der Waals surface area contributed by atoms with Gasteiger partial charge in [-0.2, -0.15) is 0 Å². The van der Waals surface area contributed by atoms with Gasteiger partial charge in [-0.05, 0) is 51.3 Å². The van der Waals surface area contributed by atoms with Crippen molar-refractivity contribution in [3.8, 4) is 5.75 Å². The van der Waals surface area contributed by atoms with Crippen molar-refractivity contribution in [1.29, 1.82) is 0 Å². The zero-order valence-corrected chi connectivity index (χ0v) is 13.2. The minimum Gasteiger partial charge on any atom is -0.507 e. The average Bonchev–Trinajstić information content (AvgIpc) is 2.43. The Morgan fingerprint density at radius 3 is 2.20 bits per heavy atom. The van der Waals surface area contributed by atoms with Crippen LogP contribution in [0.15, 0.2) is 12.1 Å². The Hall–Kier alpha value is -1.55. The summed E-state index contributed by atoms with van der Waals surface area (Å²) in [6.45, 7) is 11.7. The highest BCUT2D eigenvalue weighted by molar-refractivity contribution is 5.81. The number of phenolic OH excluding ortho intramolecular Hbond substituents is 1. The van der Waals surface area contributed by atoms with Gasteiger partial charge in [0.15, 0.2) is 0 Å². The number of carbonyl (C=O) groups is 1. The number of nitrogens with one attached hydrogen (secondary N) is 1. The Balaban J connectivity index is 2.65. The second kappa shape index (κ2) is 7.29. The van der Waals surface area contributed by atoms with Crippen molar-refractivity contribution in [3.05, 3.63) is 28.8 Å². The van der Waals surface area contributed by atoms with Crippen LogP contribution in [0.25, 0.3) is 0 Å². The molecule has 4 heteroatoms. The molecule has 1 aromatic rings. The van der Waals surface area contributed by atoms with Crippen molar-refractivity contribution in [1.82, 2.24) is 10.2 Å². The number of carbonyl (C=O) groups excluding carboxylic acids is 1. The number of phenols is 1. The molecule has 0 spiro atoms. The fraction of sp³-hybridized carbons (Fsp3) is 0.562. The molecule has 0 saturated carbocycles. The van der Waals surface area contributed by atoms with Gasteiger partial charge in [0.05, 0.1) is 6.04 Å². The third-order valence-corrected chi connectivity index (χ3v) is 3.61. The number of benzene rings is 1. The van der Waals surface area contributed by atoms with Crippen LogP contribution in [0.4, 0.5) is 0 Å². The van der Waals surface area contributed by atoms with Gasteiger partial charge in [-0.25, -0.2) is 0 Å². The lowest BCUT2D eigenvalue weighted by atomic mass is 10.1. The molecule has 0 aliphatic heterocycles. The predicted molar refractivity (Wildman–Crippen MR) is 81.8 cm³/mol. The molecule has 112 valence electrons. The smallest absolute Gasteiger partial charge is 0.239 e. The van der Waals surface area contributed by atoms with Crippen molar-refractivity contribution < 1.29 is 9.90 Å². The number of amides is 1. The Labute approximate surface area is 121 Å². The van der Waals surface area contributed by atoms with E-state index >= 15 is 0 Å². The molecule has 1 atom stereocenters. The second-order valence-electron chi connectivity index (χ2n) is 5.19. The first-order valence-corrected chi connectivity index (χ1v) is 7.21. The normalized spacial score (nSPS) is 12.2. The monoisotopic (exact) mass is 278 g/mol. The van der Waals surface area contributed by atoms with Crippen molar-refractivity contribution in [3.63, 3.8) is 0 Å². The quantitative estimate of drug-likeness (QED) is 0.840. The molecule has 4 nitrogen and oxygen atoms in total. The van der Waals surface area contributed by atoms with Crippen LogP contribution >= 0.6 is 0 Å². The van der Waals surface area contributed by atoms with Gasteiger partial charge in [-0.1, -0.05) is 12.1 Å². The van der Waals surface area contributed by atoms with Crippen molar-refractivity contribution >= 4 is 5.91 Å². The lowest BCUT2D eigenvalue weighted by Gasteiger charge is -2.23. The predicted octanol–water partition coefficient (Wildman–Crippen LogP) is 2.36. The maximum atomic E-state index is 12.1. The van der Waals surface area contributed by atoms with Gasteiger partial charge >= 0.3 is 0 Å². The Kier molecular flexibility index (Phi) is 6.02. The maximum Gasteiger partial charge on any atom is 0.239 e. The van der Waals surface area contributed by atoms with Crippen LogP contribution < -0.4 is 5.32 Å². The second-order valence-corrected chi connectivity index (χ2v) is 5.19. The fourth-order valence-corrected chi connectivity index (χ4v) is 2.32. The minimum absolute atomic E-state index is 0.127. The van der Waals surface area contributed by atoms with Crippen molar-refractivity contribution in [2.75, 3.05) is 13.1 Å². The zero-order chi connectivity index (χ0) is 15.3. The van der Waals surface area contributed by atoms with E-state index in [1.54, 1.807) is 0 Å². The maximum absolute atomic E-state index is 12.1. The molecule has 0 bridgehead atoms. The molecule has 1 unspecified atom stereocenters. The molecular formula is C16H26N2O2. The van der Waals surface area contributed by atoms with E-state index in [1.807, 2.05) is 51.7 Å². The van der Waals surface area contributed by atoms with Crippen LogP contribution in [0.1, 0.15) is 37.5 Å². The van der Waals surface area contributed by atoms with Gasteiger partial charge < -0.3 is 15.3 Å². The van der Waals surface area contributed by atoms with Gasteiger partial charge in [-0.15, -0.1) is 0 Å². The summed E-state index contributed by atoms with van der Waals surface area (Å²) in [5.41, 5.74) is 2.81. The SMILES string of the molecule is CCN(CC)C(=O)C(C)NCc1cc(C)c(O)c(C)c1. The Bertz CT molecular complexity index is 445. The first-order valence-electron chi connectivity index (χ1n) is 7.21. The van der Waals surface area contributed by atoms with Gasteiger partial charge in [0, 0.05) is 19.6 Å². The summed E-state index contributed by atoms with van der Waals surface area (Å²) in [4.78, 5) is 14.0. The molecule has 1 rings (SSSR count). The number of likely N-dealkylation sites (N-methyl/N-ethyl adjacent to an activating group) is 1. The molecule has 20 heavy (non-hydrogen) atoms. The summed E-state index contributed by atoms with van der Waals surface area (Å²) in [5, 5.41) is 13.0. The van der Waals surface area contributed by atoms with E-state index in [4.69, 9.17) is 0 Å². The van der Waals surface area contributed by atoms with Crippen LogP contribution in [-0.2, 0) is 11.3 Å². The number of hydrogen-bond donors (Lipinski definition) is 2. The summed E-state index contributed by atoms with van der Waals surface area (Å²) < 4.78 is 0. The fourth-order valence-electron chi connectivity index (χ4n) is 2.32. The highest BCUT2D eigenvalue weighted by Crippen LogP contribution is 2.22. The van der Waals surface area contributed by atoms with E-state index < -0.39 is 0 Å². The summed E-state index contributed by atoms with van der Waals surface area (Å²) in [5.74, 6) is 0.475. The summed E-state index contributed by atoms with van der Waals surface area (Å²) in [6, 6.07) is 3.69. The molecule has 0 aliphatic carbocycles. The van der Waals surface area contributed by atoms with E-state index in [0.29, 0.717) is 12.3 Å². The molecule has 0 radical (unpaired) electrons. The summed E-state index contributed by atoms with van der Waals surface area (Å²) in [6.07, 6.45) is 0. The number of hydrogen-bond acceptors (Lipinski definition) is 3. The van der Waals surface area contributed by atoms with E-state index in [-0.39, 0.29) is 11.9 Å². The van der Waals surface area contributed by atoms with Crippen LogP contribution in [0.3, 0.4) is 0 Å². The number of nitrogens with zero attached hydrogens (tertiary/aromatic N) is 1. The Morgan fingerprint density at radius 1 is 1.25 bits per heavy atom. The largest absolute Gasteiger partial charge is 0.507 e. The molecule has 1 aromatic carbocycles. The molecule has 0 aromatic heterocycles. The zero-order valence-electron chi connectivity index (χ0n) is 13.2. The van der Waals surface area contributed by atoms with E-state index in [9.17, 15) is 9.90 Å². The molecule has 0 fully saturated rings. The molecule has 2 N–H and O–H groups in total. The van der Waals surface area contributed by atoms with Gasteiger partial charge in [0.2, 0.25) is 5.91 Å². The first-order chi connectivity index (χ1) is 9.40. The number of aryl methyl sites for hydroxylation is 2. The first kappa shape index (κ1) is 16.5. The molecule has 0 saturated heterocycles. The van der Waals surface area contributed by atoms with Crippen LogP contribution in [0, 0.1) is 13.8 Å². The summed E-state index contributed by atoms with van der Waals surface area (Å²) >= 11 is 0. The standard InChI is InChI=1S/C16H26N2O2/c1-6-18(7-2)16(20)13(5)17-10-14-8-11(3)15(19)12(4)9-14/h8-9,13,17,19H,6-7,10H2,1-5H3. The van der Waals surface area contributed by atoms with Crippen LogP contribution in [-0.4, -0.2) is 35.0 Å². The minimum atomic E-state index is -0.204. The molecule has 1 amide bonds. The van der Waals surface area contributed by atoms with Gasteiger partial charge in [-0.3, -0.25) is 4.79 Å². The Morgan fingerprint density at radius 2 is 1.75 bits per heavy atom. The molecular weight excluding hydrogens is 252 g/mol. The third-order valence-electron chi connectivity index (χ3n) is 3.61. The van der Waals surface area contributed by atoms with Gasteiger partial charge in [0.25, 0.3) is 0 Å². The topological polar surface area (TPSA) is 52.6 Å². The summed E-state index contributed by atoms with van der Waals surface area (Å²) in [7, 11) is 0. The lowest BCUT2D eigenvalue weighted by Crippen LogP contribution is -2.44. The van der Waals surface area contributed by atoms with E-state index in [0.717, 1.165) is 29.8 Å². The van der Waals surface area contributed by atoms with Gasteiger partial charge in [0.1, 0.15) is 5.75 Å². The number of aromatic hydroxyl groups is 1. The van der Waals surface area contributed by atoms with Crippen molar-refractivity contribution in [2.24, 2.45) is 0 Å². The lowest BCUT2D eigenvalue weighted by molar-refractivity contribution is -0.132. The van der Waals surface area contributed by atoms with Crippen molar-refractivity contribution in [2.45, 2.75) is 47.2 Å². The molecule has 0 aliphatic rings. The molecule has 0 heterocycles. The third kappa shape index (κ3) is 3.97. The van der Waals surface area contributed by atoms with E-state index in [2.05, 4.69) is 5.32 Å². The highest BCUT2D eigenvalue weighted by atomic mass is 16.3. The number of rotatable bonds is 6. The van der Waals surface area contributed by atoms with Crippen LogP contribution in [0.5, 0.6) is 5.75 Å². The highest BCUT2D eigenvalue weighted by Gasteiger charge is 2.17. The average molecular weight is 278 g/mol. The van der Waals surface area contributed by atoms with E-state index in [1.165, 1.54) is 0 Å². The van der Waals surface area contributed by atoms with Crippen LogP contribution in [0.2, 0.25) is 0 Å².